The molecule has 170 valence electrons. The van der Waals surface area contributed by atoms with Gasteiger partial charge in [-0.3, -0.25) is 0 Å². The van der Waals surface area contributed by atoms with Crippen molar-refractivity contribution in [1.29, 1.82) is 0 Å². The Morgan fingerprint density at radius 1 is 1.13 bits per heavy atom. The molecule has 6 heteroatoms. The highest BCUT2D eigenvalue weighted by molar-refractivity contribution is 5.60. The summed E-state index contributed by atoms with van der Waals surface area (Å²) in [5.41, 5.74) is 3.27. The molecule has 0 bridgehead atoms. The lowest BCUT2D eigenvalue weighted by Gasteiger charge is -2.36. The highest BCUT2D eigenvalue weighted by Crippen LogP contribution is 2.34. The molecule has 2 aromatic carbocycles. The first kappa shape index (κ1) is 23.4. The molecule has 0 saturated heterocycles. The molecule has 0 saturated carbocycles. The van der Waals surface area contributed by atoms with Gasteiger partial charge in [-0.2, -0.15) is 0 Å². The highest BCUT2D eigenvalue weighted by atomic mass is 16.5. The molecule has 0 amide bonds. The molecule has 3 N–H and O–H groups in total. The van der Waals surface area contributed by atoms with Gasteiger partial charge in [0.25, 0.3) is 0 Å². The monoisotopic (exact) mass is 428 g/mol. The van der Waals surface area contributed by atoms with E-state index in [-0.39, 0.29) is 6.10 Å². The predicted molar refractivity (Wildman–Crippen MR) is 125 cm³/mol. The Bertz CT molecular complexity index is 781. The lowest BCUT2D eigenvalue weighted by atomic mass is 10.1. The summed E-state index contributed by atoms with van der Waals surface area (Å²) in [5.74, 6) is 0.995. The van der Waals surface area contributed by atoms with Gasteiger partial charge in [0.05, 0.1) is 12.2 Å². The van der Waals surface area contributed by atoms with Crippen LogP contribution in [0.15, 0.2) is 48.5 Å². The lowest BCUT2D eigenvalue weighted by molar-refractivity contribution is -0.142. The molecule has 0 fully saturated rings. The Labute approximate surface area is 185 Å². The van der Waals surface area contributed by atoms with Crippen LogP contribution in [0.5, 0.6) is 5.75 Å². The smallest absolute Gasteiger partial charge is 0.178 e. The Hall–Kier alpha value is -2.28. The van der Waals surface area contributed by atoms with Crippen LogP contribution >= 0.6 is 0 Å². The van der Waals surface area contributed by atoms with Gasteiger partial charge >= 0.3 is 0 Å². The van der Waals surface area contributed by atoms with Crippen LogP contribution < -0.4 is 15.0 Å². The maximum absolute atomic E-state index is 9.42. The number of ether oxygens (including phenoxy) is 2. The van der Waals surface area contributed by atoms with E-state index in [9.17, 15) is 10.2 Å². The van der Waals surface area contributed by atoms with Gasteiger partial charge in [0, 0.05) is 31.8 Å². The average Bonchev–Trinajstić information content (AvgIpc) is 2.77. The summed E-state index contributed by atoms with van der Waals surface area (Å²) in [4.78, 5) is 2.44. The fraction of sp³-hybridized carbons (Fsp3) is 0.520. The molecule has 1 aliphatic rings. The van der Waals surface area contributed by atoms with Crippen molar-refractivity contribution in [3.8, 4) is 5.75 Å². The van der Waals surface area contributed by atoms with Gasteiger partial charge in [0.1, 0.15) is 18.0 Å². The third-order valence-corrected chi connectivity index (χ3v) is 5.57. The number of aliphatic hydroxyl groups excluding tert-OH is 1. The summed E-state index contributed by atoms with van der Waals surface area (Å²) in [5, 5.41) is 22.3. The number of fused-ring (bicyclic) bond motifs is 1. The number of nitrogens with zero attached hydrogens (tertiary/aromatic N) is 1. The van der Waals surface area contributed by atoms with Gasteiger partial charge in [-0.1, -0.05) is 37.6 Å². The molecular formula is C25H36N2O4. The SMILES string of the molecule is CCCC1CN(CCCNc2ccc(CC(OCC)C(O)O)cc2)c2ccccc2O1. The van der Waals surface area contributed by atoms with Crippen LogP contribution in [-0.2, 0) is 11.2 Å². The first-order valence-corrected chi connectivity index (χ1v) is 11.4. The topological polar surface area (TPSA) is 74.2 Å². The molecular weight excluding hydrogens is 392 g/mol. The van der Waals surface area contributed by atoms with Crippen LogP contribution in [0, 0.1) is 0 Å². The molecule has 1 heterocycles. The third-order valence-electron chi connectivity index (χ3n) is 5.57. The van der Waals surface area contributed by atoms with Gasteiger partial charge < -0.3 is 29.9 Å². The van der Waals surface area contributed by atoms with Crippen molar-refractivity contribution >= 4 is 11.4 Å². The number of nitrogens with one attached hydrogen (secondary N) is 1. The van der Waals surface area contributed by atoms with Crippen LogP contribution in [0.4, 0.5) is 11.4 Å². The van der Waals surface area contributed by atoms with E-state index in [1.54, 1.807) is 0 Å². The van der Waals surface area contributed by atoms with E-state index in [0.717, 1.165) is 55.9 Å². The van der Waals surface area contributed by atoms with Crippen molar-refractivity contribution in [3.05, 3.63) is 54.1 Å². The van der Waals surface area contributed by atoms with Gasteiger partial charge in [-0.25, -0.2) is 0 Å². The summed E-state index contributed by atoms with van der Waals surface area (Å²) in [6.45, 7) is 7.31. The van der Waals surface area contributed by atoms with Crippen LogP contribution in [0.3, 0.4) is 0 Å². The second kappa shape index (κ2) is 11.9. The standard InChI is InChI=1S/C25H36N2O4/c1-3-8-21-18-27(22-9-5-6-10-23(22)31-21)16-7-15-26-20-13-11-19(12-14-20)17-24(25(28)29)30-4-2/h5-6,9-14,21,24-26,28-29H,3-4,7-8,15-18H2,1-2H3. The first-order valence-electron chi connectivity index (χ1n) is 11.4. The van der Waals surface area contributed by atoms with Gasteiger partial charge in [-0.15, -0.1) is 0 Å². The minimum atomic E-state index is -1.47. The van der Waals surface area contributed by atoms with E-state index in [4.69, 9.17) is 9.47 Å². The van der Waals surface area contributed by atoms with Gasteiger partial charge in [0.2, 0.25) is 0 Å². The molecule has 0 aromatic heterocycles. The Balaban J connectivity index is 1.47. The average molecular weight is 429 g/mol. The Morgan fingerprint density at radius 3 is 2.61 bits per heavy atom. The van der Waals surface area contributed by atoms with Crippen LogP contribution in [0.2, 0.25) is 0 Å². The van der Waals surface area contributed by atoms with Crippen molar-refractivity contribution in [3.63, 3.8) is 0 Å². The molecule has 2 atom stereocenters. The van der Waals surface area contributed by atoms with Crippen molar-refractivity contribution in [2.45, 2.75) is 58.0 Å². The molecule has 3 rings (SSSR count). The molecule has 2 aromatic rings. The highest BCUT2D eigenvalue weighted by Gasteiger charge is 2.24. The van der Waals surface area contributed by atoms with Crippen LogP contribution in [-0.4, -0.2) is 55.0 Å². The second-order valence-corrected chi connectivity index (χ2v) is 8.03. The van der Waals surface area contributed by atoms with Gasteiger partial charge in [0.15, 0.2) is 6.29 Å². The largest absolute Gasteiger partial charge is 0.486 e. The van der Waals surface area contributed by atoms with Crippen LogP contribution in [0.25, 0.3) is 0 Å². The fourth-order valence-electron chi connectivity index (χ4n) is 4.02. The normalized spacial score (nSPS) is 16.7. The molecule has 2 unspecified atom stereocenters. The molecule has 0 spiro atoms. The van der Waals surface area contributed by atoms with E-state index >= 15 is 0 Å². The van der Waals surface area contributed by atoms with E-state index in [2.05, 4.69) is 35.3 Å². The van der Waals surface area contributed by atoms with Crippen molar-refractivity contribution in [2.24, 2.45) is 0 Å². The van der Waals surface area contributed by atoms with Gasteiger partial charge in [-0.05, 0) is 49.6 Å². The Morgan fingerprint density at radius 2 is 1.90 bits per heavy atom. The zero-order valence-electron chi connectivity index (χ0n) is 18.7. The fourth-order valence-corrected chi connectivity index (χ4v) is 4.02. The minimum Gasteiger partial charge on any atom is -0.486 e. The Kier molecular flexibility index (Phi) is 9.00. The minimum absolute atomic E-state index is 0.262. The molecule has 31 heavy (non-hydrogen) atoms. The zero-order valence-corrected chi connectivity index (χ0v) is 18.7. The van der Waals surface area contributed by atoms with Crippen molar-refractivity contribution in [2.75, 3.05) is 36.5 Å². The number of para-hydroxylation sites is 2. The number of benzene rings is 2. The molecule has 0 aliphatic carbocycles. The summed E-state index contributed by atoms with van der Waals surface area (Å²) < 4.78 is 11.5. The number of rotatable bonds is 12. The van der Waals surface area contributed by atoms with Crippen molar-refractivity contribution < 1.29 is 19.7 Å². The van der Waals surface area contributed by atoms with E-state index in [1.807, 2.05) is 37.3 Å². The third kappa shape index (κ3) is 6.86. The molecule has 0 radical (unpaired) electrons. The van der Waals surface area contributed by atoms with Crippen molar-refractivity contribution in [1.82, 2.24) is 0 Å². The lowest BCUT2D eigenvalue weighted by Crippen LogP contribution is -2.40. The van der Waals surface area contributed by atoms with E-state index in [1.165, 1.54) is 5.69 Å². The number of anilines is 2. The predicted octanol–water partition coefficient (Wildman–Crippen LogP) is 3.81. The first-order chi connectivity index (χ1) is 15.1. The summed E-state index contributed by atoms with van der Waals surface area (Å²) in [6, 6.07) is 16.4. The maximum atomic E-state index is 9.42. The zero-order chi connectivity index (χ0) is 22.1. The van der Waals surface area contributed by atoms with E-state index in [0.29, 0.717) is 13.0 Å². The quantitative estimate of drug-likeness (QED) is 0.353. The summed E-state index contributed by atoms with van der Waals surface area (Å²) >= 11 is 0. The number of hydrogen-bond donors (Lipinski definition) is 3. The summed E-state index contributed by atoms with van der Waals surface area (Å²) in [6.07, 6.45) is 1.89. The molecule has 6 nitrogen and oxygen atoms in total. The number of aliphatic hydroxyl groups is 2. The maximum Gasteiger partial charge on any atom is 0.178 e. The number of hydrogen-bond acceptors (Lipinski definition) is 6. The summed E-state index contributed by atoms with van der Waals surface area (Å²) in [7, 11) is 0. The molecule has 1 aliphatic heterocycles. The van der Waals surface area contributed by atoms with E-state index < -0.39 is 12.4 Å². The van der Waals surface area contributed by atoms with Crippen LogP contribution in [0.1, 0.15) is 38.7 Å². The second-order valence-electron chi connectivity index (χ2n) is 8.03.